The van der Waals surface area contributed by atoms with Gasteiger partial charge in [-0.05, 0) is 38.0 Å². The molecule has 1 unspecified atom stereocenters. The quantitative estimate of drug-likeness (QED) is 0.204. The van der Waals surface area contributed by atoms with E-state index in [4.69, 9.17) is 0 Å². The smallest absolute Gasteiger partial charge is 0.0947 e. The zero-order valence-corrected chi connectivity index (χ0v) is 23.5. The van der Waals surface area contributed by atoms with Crippen LogP contribution in [0.1, 0.15) is 41.5 Å². The van der Waals surface area contributed by atoms with E-state index < -0.39 is 8.07 Å². The first-order valence-electron chi connectivity index (χ1n) is 12.5. The summed E-state index contributed by atoms with van der Waals surface area (Å²) in [5.41, 5.74) is 0. The van der Waals surface area contributed by atoms with Crippen LogP contribution in [0.15, 0.2) is 114 Å². The van der Waals surface area contributed by atoms with Crippen molar-refractivity contribution in [1.29, 1.82) is 0 Å². The van der Waals surface area contributed by atoms with Gasteiger partial charge in [0.15, 0.2) is 8.07 Å². The monoisotopic (exact) mass is 482 g/mol. The van der Waals surface area contributed by atoms with Gasteiger partial charge in [-0.3, -0.25) is 0 Å². The Labute approximate surface area is 209 Å². The molecular formula is C32H39PSi. The SMILES string of the molecule is CC(C)(C)P(CC1C=CC=C1[Si](c1ccccc1)(c1ccccc1)c1ccccc1)C(C)(C)C. The van der Waals surface area contributed by atoms with E-state index >= 15 is 0 Å². The minimum atomic E-state index is -2.43. The van der Waals surface area contributed by atoms with Gasteiger partial charge in [0.2, 0.25) is 0 Å². The van der Waals surface area contributed by atoms with Crippen LogP contribution in [-0.4, -0.2) is 24.5 Å². The van der Waals surface area contributed by atoms with Gasteiger partial charge in [-0.2, -0.15) is 0 Å². The first-order chi connectivity index (χ1) is 16.1. The van der Waals surface area contributed by atoms with E-state index in [-0.39, 0.29) is 7.92 Å². The standard InChI is InChI=1S/C32H39PSi/c1-31(2,3)33(32(4,5)6)25-26-17-16-24-30(26)34(27-18-10-7-11-19-27,28-20-12-8-13-21-28)29-22-14-9-15-23-29/h7-24,26H,25H2,1-6H3. The molecule has 0 amide bonds. The van der Waals surface area contributed by atoms with Crippen LogP contribution >= 0.6 is 7.92 Å². The lowest BCUT2D eigenvalue weighted by atomic mass is 10.2. The molecule has 0 saturated carbocycles. The van der Waals surface area contributed by atoms with Crippen LogP contribution in [0.4, 0.5) is 0 Å². The van der Waals surface area contributed by atoms with E-state index in [0.717, 1.165) is 0 Å². The fraction of sp³-hybridized carbons (Fsp3) is 0.312. The molecule has 1 aliphatic rings. The van der Waals surface area contributed by atoms with Crippen molar-refractivity contribution < 1.29 is 0 Å². The van der Waals surface area contributed by atoms with Gasteiger partial charge in [-0.25, -0.2) is 0 Å². The normalized spacial score (nSPS) is 16.7. The van der Waals surface area contributed by atoms with E-state index in [1.807, 2.05) is 0 Å². The summed E-state index contributed by atoms with van der Waals surface area (Å²) in [6.07, 6.45) is 8.56. The molecule has 0 spiro atoms. The Morgan fingerprint density at radius 2 is 1.00 bits per heavy atom. The maximum absolute atomic E-state index is 2.50. The van der Waals surface area contributed by atoms with Crippen LogP contribution in [0.2, 0.25) is 0 Å². The third-order valence-corrected chi connectivity index (χ3v) is 16.1. The van der Waals surface area contributed by atoms with E-state index in [0.29, 0.717) is 16.2 Å². The molecule has 3 aromatic rings. The first kappa shape index (κ1) is 24.9. The summed E-state index contributed by atoms with van der Waals surface area (Å²) >= 11 is 0. The molecular weight excluding hydrogens is 443 g/mol. The molecule has 176 valence electrons. The van der Waals surface area contributed by atoms with E-state index in [2.05, 4.69) is 151 Å². The van der Waals surface area contributed by atoms with Crippen LogP contribution in [-0.2, 0) is 0 Å². The molecule has 0 radical (unpaired) electrons. The fourth-order valence-corrected chi connectivity index (χ4v) is 15.1. The molecule has 2 heteroatoms. The molecule has 1 atom stereocenters. The third-order valence-electron chi connectivity index (χ3n) is 7.07. The van der Waals surface area contributed by atoms with Crippen molar-refractivity contribution in [3.05, 3.63) is 114 Å². The second kappa shape index (κ2) is 9.80. The average molecular weight is 483 g/mol. The summed E-state index contributed by atoms with van der Waals surface area (Å²) in [4.78, 5) is 0. The lowest BCUT2D eigenvalue weighted by molar-refractivity contribution is 0.694. The molecule has 0 aromatic heterocycles. The predicted molar refractivity (Wildman–Crippen MR) is 156 cm³/mol. The van der Waals surface area contributed by atoms with Crippen molar-refractivity contribution in [3.63, 3.8) is 0 Å². The van der Waals surface area contributed by atoms with Gasteiger partial charge < -0.3 is 0 Å². The fourth-order valence-electron chi connectivity index (χ4n) is 5.90. The summed E-state index contributed by atoms with van der Waals surface area (Å²) < 4.78 is 0. The van der Waals surface area contributed by atoms with Crippen LogP contribution < -0.4 is 15.6 Å². The number of allylic oxidation sites excluding steroid dienone is 4. The number of benzene rings is 3. The van der Waals surface area contributed by atoms with Gasteiger partial charge in [0.1, 0.15) is 0 Å². The van der Waals surface area contributed by atoms with Crippen molar-refractivity contribution in [2.24, 2.45) is 5.92 Å². The van der Waals surface area contributed by atoms with Crippen LogP contribution in [0.25, 0.3) is 0 Å². The molecule has 0 bridgehead atoms. The van der Waals surface area contributed by atoms with Crippen molar-refractivity contribution in [2.45, 2.75) is 51.9 Å². The van der Waals surface area contributed by atoms with Crippen molar-refractivity contribution in [2.75, 3.05) is 6.16 Å². The second-order valence-corrected chi connectivity index (χ2v) is 19.1. The first-order valence-corrected chi connectivity index (χ1v) is 16.0. The number of rotatable bonds is 6. The summed E-state index contributed by atoms with van der Waals surface area (Å²) in [5, 5.41) is 6.68. The molecule has 0 N–H and O–H groups in total. The molecule has 1 aliphatic carbocycles. The minimum Gasteiger partial charge on any atom is -0.0947 e. The number of hydrogen-bond donors (Lipinski definition) is 0. The summed E-state index contributed by atoms with van der Waals surface area (Å²) in [5.74, 6) is 0.469. The van der Waals surface area contributed by atoms with Gasteiger partial charge in [0, 0.05) is 0 Å². The molecule has 34 heavy (non-hydrogen) atoms. The molecule has 0 saturated heterocycles. The predicted octanol–water partition coefficient (Wildman–Crippen LogP) is 6.89. The maximum atomic E-state index is 2.50. The Hall–Kier alpha value is -2.21. The van der Waals surface area contributed by atoms with Crippen LogP contribution in [0.5, 0.6) is 0 Å². The highest BCUT2D eigenvalue weighted by atomic mass is 31.1. The maximum Gasteiger partial charge on any atom is 0.176 e. The molecule has 3 aromatic carbocycles. The highest BCUT2D eigenvalue weighted by Crippen LogP contribution is 2.61. The Kier molecular flexibility index (Phi) is 7.18. The lowest BCUT2D eigenvalue weighted by Crippen LogP contribution is -2.69. The van der Waals surface area contributed by atoms with Gasteiger partial charge in [0.05, 0.1) is 0 Å². The van der Waals surface area contributed by atoms with Gasteiger partial charge in [-0.15, -0.1) is 0 Å². The molecule has 4 rings (SSSR count). The molecule has 0 nitrogen and oxygen atoms in total. The van der Waals surface area contributed by atoms with Crippen molar-refractivity contribution in [1.82, 2.24) is 0 Å². The van der Waals surface area contributed by atoms with Crippen LogP contribution in [0.3, 0.4) is 0 Å². The van der Waals surface area contributed by atoms with E-state index in [9.17, 15) is 0 Å². The van der Waals surface area contributed by atoms with E-state index in [1.165, 1.54) is 21.7 Å². The molecule has 0 fully saturated rings. The van der Waals surface area contributed by atoms with E-state index in [1.54, 1.807) is 5.20 Å². The van der Waals surface area contributed by atoms with Crippen LogP contribution in [0, 0.1) is 5.92 Å². The Morgan fingerprint density at radius 3 is 1.35 bits per heavy atom. The number of hydrogen-bond acceptors (Lipinski definition) is 0. The average Bonchev–Trinajstić information content (AvgIpc) is 3.27. The summed E-state index contributed by atoms with van der Waals surface area (Å²) in [6.45, 7) is 14.7. The Morgan fingerprint density at radius 1 is 0.618 bits per heavy atom. The second-order valence-electron chi connectivity index (χ2n) is 11.4. The Bertz CT molecular complexity index is 1020. The van der Waals surface area contributed by atoms with Crippen molar-refractivity contribution >= 4 is 31.6 Å². The third kappa shape index (κ3) is 4.79. The highest BCUT2D eigenvalue weighted by molar-refractivity contribution is 7.60. The summed E-state index contributed by atoms with van der Waals surface area (Å²) in [6, 6.07) is 34.0. The zero-order chi connectivity index (χ0) is 24.4. The topological polar surface area (TPSA) is 0 Å². The molecule has 0 aliphatic heterocycles. The Balaban J connectivity index is 1.94. The largest absolute Gasteiger partial charge is 0.176 e. The molecule has 0 heterocycles. The van der Waals surface area contributed by atoms with Gasteiger partial charge >= 0.3 is 0 Å². The zero-order valence-electron chi connectivity index (χ0n) is 21.6. The van der Waals surface area contributed by atoms with Crippen molar-refractivity contribution in [3.8, 4) is 0 Å². The lowest BCUT2D eigenvalue weighted by Gasteiger charge is -2.45. The summed E-state index contributed by atoms with van der Waals surface area (Å²) in [7, 11) is -2.63. The minimum absolute atomic E-state index is 0.204. The highest BCUT2D eigenvalue weighted by Gasteiger charge is 2.47. The van der Waals surface area contributed by atoms with Gasteiger partial charge in [-0.1, -0.05) is 164 Å². The van der Waals surface area contributed by atoms with Gasteiger partial charge in [0.25, 0.3) is 0 Å².